The second-order valence-electron chi connectivity index (χ2n) is 4.74. The minimum absolute atomic E-state index is 0.0414. The Hall–Kier alpha value is -3.29. The van der Waals surface area contributed by atoms with E-state index >= 15 is 0 Å². The highest BCUT2D eigenvalue weighted by molar-refractivity contribution is 6.08. The molecule has 0 amide bonds. The second kappa shape index (κ2) is 4.62. The van der Waals surface area contributed by atoms with E-state index in [1.54, 1.807) is 13.1 Å². The molecule has 22 heavy (non-hydrogen) atoms. The van der Waals surface area contributed by atoms with E-state index in [1.807, 2.05) is 0 Å². The number of pyridine rings is 2. The van der Waals surface area contributed by atoms with E-state index in [1.165, 1.54) is 23.0 Å². The summed E-state index contributed by atoms with van der Waals surface area (Å²) in [5, 5.41) is 20.6. The predicted molar refractivity (Wildman–Crippen MR) is 78.1 cm³/mol. The van der Waals surface area contributed by atoms with Crippen LogP contribution in [0.15, 0.2) is 35.4 Å². The van der Waals surface area contributed by atoms with Crippen LogP contribution in [0.2, 0.25) is 0 Å². The first kappa shape index (κ1) is 13.7. The van der Waals surface area contributed by atoms with Crippen molar-refractivity contribution in [3.05, 3.63) is 56.5 Å². The molecule has 0 bridgehead atoms. The molecule has 8 nitrogen and oxygen atoms in total. The number of nitro benzene ring substituents is 1. The van der Waals surface area contributed by atoms with E-state index in [0.717, 1.165) is 6.07 Å². The quantitative estimate of drug-likeness (QED) is 0.437. The van der Waals surface area contributed by atoms with E-state index in [0.29, 0.717) is 5.52 Å². The molecule has 3 rings (SSSR count). The molecule has 0 aliphatic carbocycles. The molecule has 110 valence electrons. The van der Waals surface area contributed by atoms with Gasteiger partial charge in [0.05, 0.1) is 21.2 Å². The fourth-order valence-corrected chi connectivity index (χ4v) is 2.51. The summed E-state index contributed by atoms with van der Waals surface area (Å²) in [7, 11) is 1.56. The summed E-state index contributed by atoms with van der Waals surface area (Å²) < 4.78 is 1.44. The van der Waals surface area contributed by atoms with E-state index in [4.69, 9.17) is 5.11 Å². The molecule has 8 heteroatoms. The van der Waals surface area contributed by atoms with Gasteiger partial charge in [-0.05, 0) is 12.1 Å². The van der Waals surface area contributed by atoms with Gasteiger partial charge < -0.3 is 9.67 Å². The largest absolute Gasteiger partial charge is 0.477 e. The van der Waals surface area contributed by atoms with Crippen molar-refractivity contribution in [2.45, 2.75) is 0 Å². The predicted octanol–water partition coefficient (Wildman–Crippen LogP) is 1.69. The van der Waals surface area contributed by atoms with Crippen molar-refractivity contribution in [2.24, 2.45) is 7.05 Å². The molecule has 0 saturated carbocycles. The highest BCUT2D eigenvalue weighted by Gasteiger charge is 2.21. The fraction of sp³-hybridized carbons (Fsp3) is 0.0714. The maximum atomic E-state index is 12.3. The summed E-state index contributed by atoms with van der Waals surface area (Å²) in [6, 6.07) is 4.20. The number of fused-ring (bicyclic) bond motifs is 3. The highest BCUT2D eigenvalue weighted by Crippen LogP contribution is 2.30. The lowest BCUT2D eigenvalue weighted by Crippen LogP contribution is -2.18. The molecule has 2 aromatic heterocycles. The number of aromatic carboxylic acids is 1. The molecule has 1 N–H and O–H groups in total. The topological polar surface area (TPSA) is 115 Å². The van der Waals surface area contributed by atoms with Gasteiger partial charge >= 0.3 is 5.97 Å². The first-order chi connectivity index (χ1) is 10.4. The van der Waals surface area contributed by atoms with E-state index in [9.17, 15) is 19.7 Å². The Balaban J connectivity index is 2.66. The zero-order valence-corrected chi connectivity index (χ0v) is 11.3. The van der Waals surface area contributed by atoms with Crippen LogP contribution in [0, 0.1) is 10.1 Å². The van der Waals surface area contributed by atoms with E-state index in [2.05, 4.69) is 4.98 Å². The average Bonchev–Trinajstić information content (AvgIpc) is 2.48. The smallest absolute Gasteiger partial charge is 0.341 e. The number of carbonyl (C=O) groups is 1. The first-order valence-electron chi connectivity index (χ1n) is 6.20. The minimum Gasteiger partial charge on any atom is -0.477 e. The van der Waals surface area contributed by atoms with Crippen LogP contribution >= 0.6 is 0 Å². The standard InChI is InChI=1S/C14H9N3O5/c1-16-6-9(14(19)20)13(18)8-5-10(17(21)22)7-3-2-4-15-11(7)12(8)16/h2-6H,1H3,(H,19,20). The van der Waals surface area contributed by atoms with Gasteiger partial charge in [-0.2, -0.15) is 0 Å². The number of carboxylic acids is 1. The van der Waals surface area contributed by atoms with Crippen molar-refractivity contribution in [1.29, 1.82) is 0 Å². The second-order valence-corrected chi connectivity index (χ2v) is 4.74. The summed E-state index contributed by atoms with van der Waals surface area (Å²) in [4.78, 5) is 38.2. The Bertz CT molecular complexity index is 1020. The molecular weight excluding hydrogens is 290 g/mol. The van der Waals surface area contributed by atoms with E-state index in [-0.39, 0.29) is 22.0 Å². The van der Waals surface area contributed by atoms with Crippen molar-refractivity contribution < 1.29 is 14.8 Å². The van der Waals surface area contributed by atoms with Gasteiger partial charge in [-0.3, -0.25) is 19.9 Å². The molecular formula is C14H9N3O5. The van der Waals surface area contributed by atoms with Crippen molar-refractivity contribution >= 4 is 33.5 Å². The van der Waals surface area contributed by atoms with Crippen LogP contribution in [0.1, 0.15) is 10.4 Å². The molecule has 0 aliphatic heterocycles. The number of hydrogen-bond acceptors (Lipinski definition) is 5. The number of nitro groups is 1. The van der Waals surface area contributed by atoms with Crippen LogP contribution in [0.25, 0.3) is 21.8 Å². The average molecular weight is 299 g/mol. The molecule has 0 spiro atoms. The monoisotopic (exact) mass is 299 g/mol. The molecule has 0 fully saturated rings. The molecule has 2 heterocycles. The third-order valence-corrected chi connectivity index (χ3v) is 3.44. The zero-order chi connectivity index (χ0) is 16.0. The van der Waals surface area contributed by atoms with Gasteiger partial charge in [0.15, 0.2) is 0 Å². The van der Waals surface area contributed by atoms with Gasteiger partial charge in [0.2, 0.25) is 5.43 Å². The highest BCUT2D eigenvalue weighted by atomic mass is 16.6. The van der Waals surface area contributed by atoms with Crippen molar-refractivity contribution in [3.63, 3.8) is 0 Å². The minimum atomic E-state index is -1.38. The Morgan fingerprint density at radius 2 is 2.14 bits per heavy atom. The molecule has 0 atom stereocenters. The lowest BCUT2D eigenvalue weighted by molar-refractivity contribution is -0.382. The van der Waals surface area contributed by atoms with E-state index < -0.39 is 21.9 Å². The summed E-state index contributed by atoms with van der Waals surface area (Å²) in [6.07, 6.45) is 2.65. The summed E-state index contributed by atoms with van der Waals surface area (Å²) in [5.41, 5.74) is -0.856. The van der Waals surface area contributed by atoms with Crippen molar-refractivity contribution in [2.75, 3.05) is 0 Å². The van der Waals surface area contributed by atoms with Crippen molar-refractivity contribution in [3.8, 4) is 0 Å². The van der Waals surface area contributed by atoms with Gasteiger partial charge in [-0.1, -0.05) is 0 Å². The Morgan fingerprint density at radius 3 is 2.77 bits per heavy atom. The number of benzene rings is 1. The zero-order valence-electron chi connectivity index (χ0n) is 11.3. The maximum absolute atomic E-state index is 12.3. The number of nitrogens with zero attached hydrogens (tertiary/aromatic N) is 3. The molecule has 0 radical (unpaired) electrons. The molecule has 3 aromatic rings. The molecule has 0 aliphatic rings. The number of rotatable bonds is 2. The van der Waals surface area contributed by atoms with Crippen molar-refractivity contribution in [1.82, 2.24) is 9.55 Å². The lowest BCUT2D eigenvalue weighted by Gasteiger charge is -2.09. The number of carboxylic acid groups (broad SMARTS) is 1. The SMILES string of the molecule is Cn1cc(C(=O)O)c(=O)c2cc([N+](=O)[O-])c3cccnc3c21. The normalized spacial score (nSPS) is 11.0. The molecule has 0 unspecified atom stereocenters. The van der Waals surface area contributed by atoms with Crippen LogP contribution in [0.5, 0.6) is 0 Å². The Kier molecular flexibility index (Phi) is 2.87. The summed E-state index contributed by atoms with van der Waals surface area (Å²) in [5.74, 6) is -1.38. The van der Waals surface area contributed by atoms with Gasteiger partial charge in [-0.25, -0.2) is 4.79 Å². The number of hydrogen-bond donors (Lipinski definition) is 1. The first-order valence-corrected chi connectivity index (χ1v) is 6.20. The lowest BCUT2D eigenvalue weighted by atomic mass is 10.1. The molecule has 0 saturated heterocycles. The van der Waals surface area contributed by atoms with Gasteiger partial charge in [0.25, 0.3) is 5.69 Å². The maximum Gasteiger partial charge on any atom is 0.341 e. The number of non-ortho nitro benzene ring substituents is 1. The Labute approximate surface area is 122 Å². The Morgan fingerprint density at radius 1 is 1.41 bits per heavy atom. The summed E-state index contributed by atoms with van der Waals surface area (Å²) in [6.45, 7) is 0. The number of aromatic nitrogens is 2. The summed E-state index contributed by atoms with van der Waals surface area (Å²) >= 11 is 0. The number of aryl methyl sites for hydroxylation is 1. The van der Waals surface area contributed by atoms with Crippen LogP contribution in [-0.4, -0.2) is 25.6 Å². The fourth-order valence-electron chi connectivity index (χ4n) is 2.51. The van der Waals surface area contributed by atoms with Gasteiger partial charge in [0.1, 0.15) is 11.1 Å². The third kappa shape index (κ3) is 1.81. The molecule has 1 aromatic carbocycles. The van der Waals surface area contributed by atoms with Crippen LogP contribution < -0.4 is 5.43 Å². The van der Waals surface area contributed by atoms with Gasteiger partial charge in [-0.15, -0.1) is 0 Å². The van der Waals surface area contributed by atoms with Gasteiger partial charge in [0, 0.05) is 25.5 Å². The van der Waals surface area contributed by atoms with Crippen LogP contribution in [0.3, 0.4) is 0 Å². The van der Waals surface area contributed by atoms with Crippen LogP contribution in [0.4, 0.5) is 5.69 Å². The third-order valence-electron chi connectivity index (χ3n) is 3.44. The van der Waals surface area contributed by atoms with Crippen LogP contribution in [-0.2, 0) is 7.05 Å².